The number of anilines is 1. The molecular weight excluding hydrogens is 312 g/mol. The molecule has 0 radical (unpaired) electrons. The molecule has 1 aromatic carbocycles. The van der Waals surface area contributed by atoms with Crippen molar-refractivity contribution in [1.82, 2.24) is 0 Å². The molecule has 2 rings (SSSR count). The van der Waals surface area contributed by atoms with Crippen molar-refractivity contribution in [3.05, 3.63) is 22.7 Å². The highest BCUT2D eigenvalue weighted by molar-refractivity contribution is 9.10. The van der Waals surface area contributed by atoms with Crippen molar-refractivity contribution in [2.24, 2.45) is 5.10 Å². The Labute approximate surface area is 106 Å². The second-order valence-electron chi connectivity index (χ2n) is 3.33. The Balaban J connectivity index is 2.53. The highest BCUT2D eigenvalue weighted by atomic mass is 79.9. The van der Waals surface area contributed by atoms with E-state index in [2.05, 4.69) is 21.0 Å². The lowest BCUT2D eigenvalue weighted by Gasteiger charge is -2.13. The van der Waals surface area contributed by atoms with E-state index < -0.39 is 10.1 Å². The first-order chi connectivity index (χ1) is 7.88. The molecule has 0 saturated carbocycles. The first-order valence-electron chi connectivity index (χ1n) is 4.51. The minimum absolute atomic E-state index is 0.174. The van der Waals surface area contributed by atoms with Crippen LogP contribution >= 0.6 is 15.9 Å². The van der Waals surface area contributed by atoms with Crippen molar-refractivity contribution in [3.63, 3.8) is 0 Å². The van der Waals surface area contributed by atoms with E-state index in [4.69, 9.17) is 4.55 Å². The summed E-state index contributed by atoms with van der Waals surface area (Å²) in [5.74, 6) is -0.260. The van der Waals surface area contributed by atoms with Crippen LogP contribution < -0.4 is 5.01 Å². The third kappa shape index (κ3) is 2.54. The zero-order valence-electron chi connectivity index (χ0n) is 8.37. The lowest BCUT2D eigenvalue weighted by molar-refractivity contribution is -0.116. The van der Waals surface area contributed by atoms with Crippen LogP contribution in [0.3, 0.4) is 0 Å². The van der Waals surface area contributed by atoms with Crippen LogP contribution in [0.4, 0.5) is 5.69 Å². The summed E-state index contributed by atoms with van der Waals surface area (Å²) in [7, 11) is -4.31. The molecular formula is C9H7BrN2O4S. The van der Waals surface area contributed by atoms with Crippen LogP contribution in [-0.2, 0) is 14.9 Å². The molecule has 1 amide bonds. The number of hydrazone groups is 1. The van der Waals surface area contributed by atoms with E-state index >= 15 is 0 Å². The highest BCUT2D eigenvalue weighted by Gasteiger charge is 2.21. The number of halogens is 1. The minimum atomic E-state index is -4.31. The molecule has 90 valence electrons. The Morgan fingerprint density at radius 2 is 2.06 bits per heavy atom. The van der Waals surface area contributed by atoms with Crippen LogP contribution in [0.1, 0.15) is 6.42 Å². The third-order valence-electron chi connectivity index (χ3n) is 2.10. The van der Waals surface area contributed by atoms with Gasteiger partial charge in [-0.3, -0.25) is 9.35 Å². The third-order valence-corrected chi connectivity index (χ3v) is 3.39. The largest absolute Gasteiger partial charge is 0.294 e. The molecule has 1 aliphatic heterocycles. The highest BCUT2D eigenvalue weighted by Crippen LogP contribution is 2.27. The zero-order valence-corrected chi connectivity index (χ0v) is 10.8. The molecule has 6 nitrogen and oxygen atoms in total. The zero-order chi connectivity index (χ0) is 12.6. The normalized spacial score (nSPS) is 15.6. The Morgan fingerprint density at radius 1 is 1.35 bits per heavy atom. The molecule has 0 aromatic heterocycles. The van der Waals surface area contributed by atoms with Crippen molar-refractivity contribution >= 4 is 43.9 Å². The summed E-state index contributed by atoms with van der Waals surface area (Å²) >= 11 is 3.11. The van der Waals surface area contributed by atoms with Gasteiger partial charge in [-0.1, -0.05) is 15.9 Å². The molecule has 0 aliphatic carbocycles. The van der Waals surface area contributed by atoms with Gasteiger partial charge < -0.3 is 0 Å². The van der Waals surface area contributed by atoms with Crippen molar-refractivity contribution in [1.29, 1.82) is 0 Å². The van der Waals surface area contributed by atoms with E-state index in [-0.39, 0.29) is 22.9 Å². The van der Waals surface area contributed by atoms with Crippen LogP contribution in [0.2, 0.25) is 0 Å². The van der Waals surface area contributed by atoms with Crippen molar-refractivity contribution < 1.29 is 17.8 Å². The number of carbonyl (C=O) groups excluding carboxylic acids is 1. The van der Waals surface area contributed by atoms with Gasteiger partial charge >= 0.3 is 0 Å². The number of rotatable bonds is 2. The minimum Gasteiger partial charge on any atom is -0.282 e. The molecule has 0 bridgehead atoms. The molecule has 8 heteroatoms. The average molecular weight is 319 g/mol. The summed E-state index contributed by atoms with van der Waals surface area (Å²) in [5.41, 5.74) is 0.283. The molecule has 0 spiro atoms. The monoisotopic (exact) mass is 318 g/mol. The summed E-state index contributed by atoms with van der Waals surface area (Å²) in [6.07, 6.45) is 1.60. The standard InChI is InChI=1S/C9H7BrN2O4S/c10-6-3-7(12-9(13)1-2-11-12)5-8(4-6)17(14,15)16/h2-5H,1H2,(H,14,15,16). The fraction of sp³-hybridized carbons (Fsp3) is 0.111. The molecule has 1 aliphatic rings. The van der Waals surface area contributed by atoms with E-state index in [0.717, 1.165) is 5.01 Å². The van der Waals surface area contributed by atoms with Gasteiger partial charge in [0.25, 0.3) is 16.0 Å². The average Bonchev–Trinajstić information content (AvgIpc) is 2.62. The van der Waals surface area contributed by atoms with Gasteiger partial charge in [0.1, 0.15) is 0 Å². The quantitative estimate of drug-likeness (QED) is 0.835. The molecule has 1 heterocycles. The Bertz CT molecular complexity index is 611. The number of nitrogens with zero attached hydrogens (tertiary/aromatic N) is 2. The number of carbonyl (C=O) groups is 1. The van der Waals surface area contributed by atoms with Gasteiger partial charge in [-0.2, -0.15) is 13.5 Å². The van der Waals surface area contributed by atoms with Crippen LogP contribution in [0.25, 0.3) is 0 Å². The second-order valence-corrected chi connectivity index (χ2v) is 5.67. The van der Waals surface area contributed by atoms with E-state index in [0.29, 0.717) is 4.47 Å². The van der Waals surface area contributed by atoms with E-state index in [9.17, 15) is 13.2 Å². The van der Waals surface area contributed by atoms with Gasteiger partial charge in [0.05, 0.1) is 17.0 Å². The number of hydrogen-bond donors (Lipinski definition) is 1. The van der Waals surface area contributed by atoms with E-state index in [1.54, 1.807) is 0 Å². The van der Waals surface area contributed by atoms with Gasteiger partial charge in [-0.05, 0) is 18.2 Å². The molecule has 17 heavy (non-hydrogen) atoms. The van der Waals surface area contributed by atoms with Gasteiger partial charge in [0, 0.05) is 10.7 Å². The second kappa shape index (κ2) is 4.21. The maximum atomic E-state index is 11.4. The fourth-order valence-electron chi connectivity index (χ4n) is 1.38. The molecule has 1 aromatic rings. The van der Waals surface area contributed by atoms with Crippen LogP contribution in [0, 0.1) is 0 Å². The molecule has 1 N–H and O–H groups in total. The van der Waals surface area contributed by atoms with Gasteiger partial charge in [-0.25, -0.2) is 5.01 Å². The Kier molecular flexibility index (Phi) is 3.02. The van der Waals surface area contributed by atoms with Crippen molar-refractivity contribution in [2.45, 2.75) is 11.3 Å². The number of amides is 1. The topological polar surface area (TPSA) is 87.0 Å². The van der Waals surface area contributed by atoms with Crippen LogP contribution in [0.15, 0.2) is 32.7 Å². The smallest absolute Gasteiger partial charge is 0.282 e. The molecule has 0 atom stereocenters. The number of benzene rings is 1. The fourth-order valence-corrected chi connectivity index (χ4v) is 2.56. The van der Waals surface area contributed by atoms with Crippen LogP contribution in [0.5, 0.6) is 0 Å². The first kappa shape index (κ1) is 12.2. The van der Waals surface area contributed by atoms with Crippen molar-refractivity contribution in [2.75, 3.05) is 5.01 Å². The maximum absolute atomic E-state index is 11.4. The van der Waals surface area contributed by atoms with E-state index in [1.165, 1.54) is 24.4 Å². The lowest BCUT2D eigenvalue weighted by atomic mass is 10.3. The van der Waals surface area contributed by atoms with Crippen molar-refractivity contribution in [3.8, 4) is 0 Å². The van der Waals surface area contributed by atoms with Gasteiger partial charge in [-0.15, -0.1) is 0 Å². The van der Waals surface area contributed by atoms with Gasteiger partial charge in [0.15, 0.2) is 0 Å². The summed E-state index contributed by atoms with van der Waals surface area (Å²) < 4.78 is 31.4. The Morgan fingerprint density at radius 3 is 2.59 bits per heavy atom. The summed E-state index contributed by atoms with van der Waals surface area (Å²) in [6, 6.07) is 3.96. The van der Waals surface area contributed by atoms with E-state index in [1.807, 2.05) is 0 Å². The predicted molar refractivity (Wildman–Crippen MR) is 64.6 cm³/mol. The first-order valence-corrected chi connectivity index (χ1v) is 6.75. The maximum Gasteiger partial charge on any atom is 0.294 e. The van der Waals surface area contributed by atoms with Crippen LogP contribution in [-0.4, -0.2) is 25.1 Å². The molecule has 0 unspecified atom stereocenters. The summed E-state index contributed by atoms with van der Waals surface area (Å²) in [4.78, 5) is 11.1. The summed E-state index contributed by atoms with van der Waals surface area (Å²) in [6.45, 7) is 0. The SMILES string of the molecule is O=C1CC=NN1c1cc(Br)cc(S(=O)(=O)O)c1. The Hall–Kier alpha value is -1.25. The predicted octanol–water partition coefficient (Wildman–Crippen LogP) is 1.42. The number of hydrogen-bond acceptors (Lipinski definition) is 4. The van der Waals surface area contributed by atoms with Gasteiger partial charge in [0.2, 0.25) is 0 Å². The molecule has 0 saturated heterocycles. The summed E-state index contributed by atoms with van der Waals surface area (Å²) in [5, 5.41) is 4.90. The molecule has 0 fully saturated rings. The lowest BCUT2D eigenvalue weighted by Crippen LogP contribution is -2.19.